The molecule has 202 valence electrons. The van der Waals surface area contributed by atoms with Crippen molar-refractivity contribution < 1.29 is 24.9 Å². The van der Waals surface area contributed by atoms with Gasteiger partial charge in [-0.25, -0.2) is 0 Å². The van der Waals surface area contributed by atoms with Gasteiger partial charge in [-0.1, -0.05) is 36.4 Å². The summed E-state index contributed by atoms with van der Waals surface area (Å²) in [6, 6.07) is 23.1. The fourth-order valence-corrected chi connectivity index (χ4v) is 4.50. The average Bonchev–Trinajstić information content (AvgIpc) is 2.91. The van der Waals surface area contributed by atoms with Gasteiger partial charge in [0, 0.05) is 24.2 Å². The van der Waals surface area contributed by atoms with E-state index in [1.54, 1.807) is 24.3 Å². The van der Waals surface area contributed by atoms with Crippen LogP contribution in [0.4, 0.5) is 5.69 Å². The molecular weight excluding hydrogens is 494 g/mol. The molecular formula is C31H33N3O5. The number of hydrogen-bond donors (Lipinski definition) is 6. The van der Waals surface area contributed by atoms with E-state index >= 15 is 0 Å². The van der Waals surface area contributed by atoms with Gasteiger partial charge in [-0.3, -0.25) is 9.59 Å². The lowest BCUT2D eigenvalue weighted by Crippen LogP contribution is -2.43. The fraction of sp³-hybridized carbons (Fsp3) is 0.226. The van der Waals surface area contributed by atoms with E-state index in [9.17, 15) is 24.9 Å². The van der Waals surface area contributed by atoms with Gasteiger partial charge < -0.3 is 31.3 Å². The number of phenols is 2. The molecule has 4 rings (SSSR count). The van der Waals surface area contributed by atoms with Gasteiger partial charge in [0.1, 0.15) is 11.5 Å². The zero-order valence-electron chi connectivity index (χ0n) is 21.9. The molecule has 0 heterocycles. The lowest BCUT2D eigenvalue weighted by atomic mass is 9.93. The normalized spacial score (nSPS) is 12.2. The minimum atomic E-state index is -0.852. The first-order valence-electron chi connectivity index (χ1n) is 12.7. The van der Waals surface area contributed by atoms with Crippen molar-refractivity contribution >= 4 is 28.8 Å². The van der Waals surface area contributed by atoms with E-state index in [0.29, 0.717) is 30.5 Å². The summed E-state index contributed by atoms with van der Waals surface area (Å²) >= 11 is 0. The Bertz CT molecular complexity index is 1480. The van der Waals surface area contributed by atoms with Gasteiger partial charge >= 0.3 is 0 Å². The Balaban J connectivity index is 1.34. The first-order chi connectivity index (χ1) is 18.6. The number of aliphatic hydroxyl groups excluding tert-OH is 1. The van der Waals surface area contributed by atoms with Crippen molar-refractivity contribution in [3.05, 3.63) is 101 Å². The van der Waals surface area contributed by atoms with Gasteiger partial charge in [-0.05, 0) is 90.2 Å². The zero-order valence-corrected chi connectivity index (χ0v) is 21.9. The molecule has 0 aromatic heterocycles. The van der Waals surface area contributed by atoms with Gasteiger partial charge in [0.2, 0.25) is 6.41 Å². The molecule has 1 atom stereocenters. The lowest BCUT2D eigenvalue weighted by molar-refractivity contribution is -0.105. The van der Waals surface area contributed by atoms with Gasteiger partial charge in [-0.15, -0.1) is 0 Å². The number of β-amino-alcohol motifs (C(OH)–C–C–N with tert-alkyl or cyclic N) is 1. The molecule has 0 aliphatic rings. The van der Waals surface area contributed by atoms with Crippen LogP contribution in [0, 0.1) is 0 Å². The fourth-order valence-electron chi connectivity index (χ4n) is 4.50. The van der Waals surface area contributed by atoms with Crippen LogP contribution in [0.5, 0.6) is 11.5 Å². The summed E-state index contributed by atoms with van der Waals surface area (Å²) in [4.78, 5) is 23.6. The predicted molar refractivity (Wildman–Crippen MR) is 152 cm³/mol. The monoisotopic (exact) mass is 527 g/mol. The zero-order chi connectivity index (χ0) is 28.0. The third-order valence-corrected chi connectivity index (χ3v) is 6.57. The smallest absolute Gasteiger partial charge is 0.251 e. The summed E-state index contributed by atoms with van der Waals surface area (Å²) in [5.41, 5.74) is 2.90. The summed E-state index contributed by atoms with van der Waals surface area (Å²) in [6.45, 7) is 4.67. The Morgan fingerprint density at radius 1 is 0.923 bits per heavy atom. The second-order valence-electron chi connectivity index (χ2n) is 10.2. The van der Waals surface area contributed by atoms with Gasteiger partial charge in [-0.2, -0.15) is 0 Å². The molecule has 0 spiro atoms. The number of fused-ring (bicyclic) bond motifs is 1. The second kappa shape index (κ2) is 12.0. The maximum Gasteiger partial charge on any atom is 0.251 e. The van der Waals surface area contributed by atoms with Crippen LogP contribution in [0.3, 0.4) is 0 Å². The molecule has 0 aliphatic heterocycles. The highest BCUT2D eigenvalue weighted by Gasteiger charge is 2.21. The van der Waals surface area contributed by atoms with Crippen molar-refractivity contribution in [1.82, 2.24) is 10.6 Å². The topological polar surface area (TPSA) is 131 Å². The highest BCUT2D eigenvalue weighted by atomic mass is 16.3. The van der Waals surface area contributed by atoms with E-state index < -0.39 is 11.6 Å². The summed E-state index contributed by atoms with van der Waals surface area (Å²) in [5.74, 6) is -0.0258. The van der Waals surface area contributed by atoms with Crippen molar-refractivity contribution in [2.75, 3.05) is 11.9 Å². The standard InChI is InChI=1S/C31H33N3O5/c1-31(2,34-18-29(38)24-9-11-28(37)27(15-24)33-19-35)16-20-4-3-5-25(12-20)30(39)32-17-21-6-7-23-14-26(36)10-8-22(23)13-21/h3-15,19,29,34,36-38H,16-18H2,1-2H3,(H,32,39)(H,33,35). The number of phenolic OH excluding ortho intramolecular Hbond substituents is 2. The van der Waals surface area contributed by atoms with Crippen LogP contribution in [0.2, 0.25) is 0 Å². The van der Waals surface area contributed by atoms with Gasteiger partial charge in [0.05, 0.1) is 11.8 Å². The highest BCUT2D eigenvalue weighted by molar-refractivity contribution is 5.94. The molecule has 1 unspecified atom stereocenters. The van der Waals surface area contributed by atoms with Gasteiger partial charge in [0.15, 0.2) is 0 Å². The number of carbonyl (C=O) groups is 2. The molecule has 0 fully saturated rings. The predicted octanol–water partition coefficient (Wildman–Crippen LogP) is 4.39. The van der Waals surface area contributed by atoms with Crippen molar-refractivity contribution in [3.63, 3.8) is 0 Å². The van der Waals surface area contributed by atoms with E-state index in [2.05, 4.69) is 16.0 Å². The lowest BCUT2D eigenvalue weighted by Gasteiger charge is -2.28. The summed E-state index contributed by atoms with van der Waals surface area (Å²) in [7, 11) is 0. The number of benzene rings is 4. The molecule has 2 amide bonds. The summed E-state index contributed by atoms with van der Waals surface area (Å²) < 4.78 is 0. The van der Waals surface area contributed by atoms with Crippen LogP contribution in [0.25, 0.3) is 10.8 Å². The maximum absolute atomic E-state index is 12.9. The Hall–Kier alpha value is -4.40. The molecule has 8 nitrogen and oxygen atoms in total. The maximum atomic E-state index is 12.9. The van der Waals surface area contributed by atoms with Crippen LogP contribution in [-0.4, -0.2) is 39.7 Å². The summed E-state index contributed by atoms with van der Waals surface area (Å²) in [5, 5.41) is 40.8. The average molecular weight is 528 g/mol. The first kappa shape index (κ1) is 27.6. The minimum Gasteiger partial charge on any atom is -0.508 e. The molecule has 39 heavy (non-hydrogen) atoms. The molecule has 4 aromatic rings. The number of rotatable bonds is 11. The number of aromatic hydroxyl groups is 2. The Morgan fingerprint density at radius 3 is 2.49 bits per heavy atom. The van der Waals surface area contributed by atoms with Crippen LogP contribution in [0.1, 0.15) is 47.0 Å². The third kappa shape index (κ3) is 7.34. The van der Waals surface area contributed by atoms with Crippen molar-refractivity contribution in [1.29, 1.82) is 0 Å². The molecule has 0 saturated carbocycles. The SMILES string of the molecule is CC(C)(Cc1cccc(C(=O)NCc2ccc3cc(O)ccc3c2)c1)NCC(O)c1ccc(O)c(NC=O)c1. The van der Waals surface area contributed by atoms with E-state index in [-0.39, 0.29) is 29.6 Å². The number of hydrogen-bond acceptors (Lipinski definition) is 6. The minimum absolute atomic E-state index is 0.0753. The molecule has 8 heteroatoms. The molecule has 4 aromatic carbocycles. The van der Waals surface area contributed by atoms with Crippen LogP contribution < -0.4 is 16.0 Å². The van der Waals surface area contributed by atoms with Gasteiger partial charge in [0.25, 0.3) is 5.91 Å². The number of anilines is 1. The summed E-state index contributed by atoms with van der Waals surface area (Å²) in [6.07, 6.45) is 0.235. The molecule has 0 saturated heterocycles. The number of nitrogens with one attached hydrogen (secondary N) is 3. The van der Waals surface area contributed by atoms with E-state index in [4.69, 9.17) is 0 Å². The number of aliphatic hydroxyl groups is 1. The molecule has 6 N–H and O–H groups in total. The largest absolute Gasteiger partial charge is 0.508 e. The van der Waals surface area contributed by atoms with Crippen LogP contribution >= 0.6 is 0 Å². The first-order valence-corrected chi connectivity index (χ1v) is 12.7. The van der Waals surface area contributed by atoms with E-state index in [0.717, 1.165) is 21.9 Å². The van der Waals surface area contributed by atoms with Crippen LogP contribution in [-0.2, 0) is 17.8 Å². The molecule has 0 radical (unpaired) electrons. The van der Waals surface area contributed by atoms with E-state index in [1.165, 1.54) is 12.1 Å². The Morgan fingerprint density at radius 2 is 1.69 bits per heavy atom. The third-order valence-electron chi connectivity index (χ3n) is 6.57. The number of carbonyl (C=O) groups excluding carboxylic acids is 2. The van der Waals surface area contributed by atoms with E-state index in [1.807, 2.05) is 56.3 Å². The van der Waals surface area contributed by atoms with Crippen molar-refractivity contribution in [2.24, 2.45) is 0 Å². The molecule has 0 bridgehead atoms. The van der Waals surface area contributed by atoms with Crippen molar-refractivity contribution in [2.45, 2.75) is 38.5 Å². The second-order valence-corrected chi connectivity index (χ2v) is 10.2. The molecule has 0 aliphatic carbocycles. The quantitative estimate of drug-likeness (QED) is 0.127. The Labute approximate surface area is 227 Å². The van der Waals surface area contributed by atoms with Crippen LogP contribution in [0.15, 0.2) is 78.9 Å². The van der Waals surface area contributed by atoms with Crippen molar-refractivity contribution in [3.8, 4) is 11.5 Å². The Kier molecular flexibility index (Phi) is 8.49. The number of amides is 2. The highest BCUT2D eigenvalue weighted by Crippen LogP contribution is 2.27.